The van der Waals surface area contributed by atoms with Crippen LogP contribution in [0.25, 0.3) is 10.9 Å². The van der Waals surface area contributed by atoms with Crippen LogP contribution < -0.4 is 5.43 Å². The van der Waals surface area contributed by atoms with E-state index in [0.717, 1.165) is 43.4 Å². The van der Waals surface area contributed by atoms with Crippen molar-refractivity contribution in [2.75, 3.05) is 0 Å². The van der Waals surface area contributed by atoms with Gasteiger partial charge in [0.15, 0.2) is 5.43 Å². The molecule has 0 aliphatic heterocycles. The van der Waals surface area contributed by atoms with E-state index in [4.69, 9.17) is 5.11 Å². The summed E-state index contributed by atoms with van der Waals surface area (Å²) in [6, 6.07) is 4.65. The lowest BCUT2D eigenvalue weighted by atomic mass is 10.0. The predicted molar refractivity (Wildman–Crippen MR) is 72.8 cm³/mol. The van der Waals surface area contributed by atoms with Gasteiger partial charge in [-0.15, -0.1) is 0 Å². The number of aryl methyl sites for hydroxylation is 1. The number of carboxylic acid groups (broad SMARTS) is 1. The normalized spacial score (nSPS) is 14.9. The number of carboxylic acids is 1. The molecule has 0 spiro atoms. The molecule has 0 unspecified atom stereocenters. The summed E-state index contributed by atoms with van der Waals surface area (Å²) in [5.74, 6) is -0.974. The molecular formula is C15H15NO3. The van der Waals surface area contributed by atoms with Gasteiger partial charge < -0.3 is 10.1 Å². The Kier molecular flexibility index (Phi) is 2.85. The Balaban J connectivity index is 2.28. The van der Waals surface area contributed by atoms with E-state index in [9.17, 15) is 9.59 Å². The highest BCUT2D eigenvalue weighted by molar-refractivity contribution is 5.93. The molecule has 0 radical (unpaired) electrons. The highest BCUT2D eigenvalue weighted by Gasteiger charge is 2.15. The maximum atomic E-state index is 12.4. The second-order valence-corrected chi connectivity index (χ2v) is 5.04. The first-order valence-corrected chi connectivity index (χ1v) is 6.58. The van der Waals surface area contributed by atoms with Crippen molar-refractivity contribution in [1.82, 2.24) is 4.98 Å². The summed E-state index contributed by atoms with van der Waals surface area (Å²) >= 11 is 0. The van der Waals surface area contributed by atoms with Gasteiger partial charge in [0.2, 0.25) is 0 Å². The summed E-state index contributed by atoms with van der Waals surface area (Å²) in [4.78, 5) is 26.7. The number of aromatic amines is 1. The Morgan fingerprint density at radius 1 is 1.16 bits per heavy atom. The zero-order valence-electron chi connectivity index (χ0n) is 10.5. The monoisotopic (exact) mass is 257 g/mol. The Bertz CT molecular complexity index is 715. The standard InChI is InChI=1S/C15H15NO3/c17-14-10-4-2-1-3-5-12(10)16-13-8-9(15(18)19)6-7-11(13)14/h6-8H,1-5H2,(H,16,17)(H,18,19). The molecule has 1 aliphatic rings. The molecule has 4 heteroatoms. The van der Waals surface area contributed by atoms with Crippen molar-refractivity contribution in [3.05, 3.63) is 45.2 Å². The van der Waals surface area contributed by atoms with Crippen LogP contribution in [0.2, 0.25) is 0 Å². The number of rotatable bonds is 1. The van der Waals surface area contributed by atoms with Gasteiger partial charge in [-0.25, -0.2) is 4.79 Å². The fourth-order valence-corrected chi connectivity index (χ4v) is 2.77. The minimum Gasteiger partial charge on any atom is -0.478 e. The molecule has 0 amide bonds. The third-order valence-electron chi connectivity index (χ3n) is 3.79. The van der Waals surface area contributed by atoms with E-state index in [0.29, 0.717) is 10.9 Å². The molecule has 0 atom stereocenters. The fourth-order valence-electron chi connectivity index (χ4n) is 2.77. The topological polar surface area (TPSA) is 70.2 Å². The number of aromatic carboxylic acids is 1. The highest BCUT2D eigenvalue weighted by atomic mass is 16.4. The molecular weight excluding hydrogens is 242 g/mol. The first-order chi connectivity index (χ1) is 9.16. The van der Waals surface area contributed by atoms with Gasteiger partial charge in [0, 0.05) is 16.6 Å². The van der Waals surface area contributed by atoms with Crippen LogP contribution in [-0.4, -0.2) is 16.1 Å². The van der Waals surface area contributed by atoms with Gasteiger partial charge in [-0.05, 0) is 43.9 Å². The smallest absolute Gasteiger partial charge is 0.335 e. The number of H-pyrrole nitrogens is 1. The number of aromatic nitrogens is 1. The molecule has 19 heavy (non-hydrogen) atoms. The molecule has 0 saturated carbocycles. The summed E-state index contributed by atoms with van der Waals surface area (Å²) in [6.07, 6.45) is 4.96. The van der Waals surface area contributed by atoms with Crippen molar-refractivity contribution in [1.29, 1.82) is 0 Å². The van der Waals surface area contributed by atoms with Crippen LogP contribution >= 0.6 is 0 Å². The molecule has 0 fully saturated rings. The van der Waals surface area contributed by atoms with Gasteiger partial charge >= 0.3 is 5.97 Å². The molecule has 2 aromatic rings. The first kappa shape index (κ1) is 12.0. The van der Waals surface area contributed by atoms with Crippen LogP contribution in [0.15, 0.2) is 23.0 Å². The maximum Gasteiger partial charge on any atom is 0.335 e. The van der Waals surface area contributed by atoms with Gasteiger partial charge in [0.05, 0.1) is 11.1 Å². The molecule has 0 saturated heterocycles. The number of nitrogens with one attached hydrogen (secondary N) is 1. The lowest BCUT2D eigenvalue weighted by molar-refractivity contribution is 0.0697. The number of pyridine rings is 1. The van der Waals surface area contributed by atoms with E-state index >= 15 is 0 Å². The zero-order valence-corrected chi connectivity index (χ0v) is 10.5. The summed E-state index contributed by atoms with van der Waals surface area (Å²) < 4.78 is 0. The number of hydrogen-bond donors (Lipinski definition) is 2. The molecule has 1 aromatic carbocycles. The van der Waals surface area contributed by atoms with Crippen LogP contribution in [0.3, 0.4) is 0 Å². The predicted octanol–water partition coefficient (Wildman–Crippen LogP) is 2.50. The van der Waals surface area contributed by atoms with Gasteiger partial charge in [0.1, 0.15) is 0 Å². The first-order valence-electron chi connectivity index (χ1n) is 6.58. The van der Waals surface area contributed by atoms with Crippen molar-refractivity contribution in [3.8, 4) is 0 Å². The minimum absolute atomic E-state index is 0.0580. The molecule has 4 nitrogen and oxygen atoms in total. The molecule has 2 N–H and O–H groups in total. The summed E-state index contributed by atoms with van der Waals surface area (Å²) in [6.45, 7) is 0. The highest BCUT2D eigenvalue weighted by Crippen LogP contribution is 2.20. The van der Waals surface area contributed by atoms with Crippen molar-refractivity contribution in [2.45, 2.75) is 32.1 Å². The molecule has 1 heterocycles. The van der Waals surface area contributed by atoms with E-state index < -0.39 is 5.97 Å². The van der Waals surface area contributed by atoms with E-state index in [2.05, 4.69) is 4.98 Å². The van der Waals surface area contributed by atoms with Gasteiger partial charge in [-0.1, -0.05) is 6.42 Å². The number of benzene rings is 1. The van der Waals surface area contributed by atoms with Crippen LogP contribution in [0.1, 0.15) is 40.9 Å². The molecule has 98 valence electrons. The maximum absolute atomic E-state index is 12.4. The summed E-state index contributed by atoms with van der Waals surface area (Å²) in [7, 11) is 0. The van der Waals surface area contributed by atoms with E-state index in [-0.39, 0.29) is 11.0 Å². The van der Waals surface area contributed by atoms with Crippen LogP contribution in [-0.2, 0) is 12.8 Å². The van der Waals surface area contributed by atoms with Gasteiger partial charge in [-0.3, -0.25) is 4.79 Å². The Hall–Kier alpha value is -2.10. The number of hydrogen-bond acceptors (Lipinski definition) is 2. The van der Waals surface area contributed by atoms with Gasteiger partial charge in [-0.2, -0.15) is 0 Å². The average molecular weight is 257 g/mol. The second-order valence-electron chi connectivity index (χ2n) is 5.04. The van der Waals surface area contributed by atoms with Crippen LogP contribution in [0, 0.1) is 0 Å². The molecule has 1 aliphatic carbocycles. The third kappa shape index (κ3) is 2.03. The van der Waals surface area contributed by atoms with E-state index in [1.165, 1.54) is 6.07 Å². The number of carbonyl (C=O) groups is 1. The Morgan fingerprint density at radius 2 is 1.95 bits per heavy atom. The van der Waals surface area contributed by atoms with Crippen molar-refractivity contribution in [2.24, 2.45) is 0 Å². The minimum atomic E-state index is -0.974. The molecule has 1 aromatic heterocycles. The van der Waals surface area contributed by atoms with Crippen molar-refractivity contribution < 1.29 is 9.90 Å². The summed E-state index contributed by atoms with van der Waals surface area (Å²) in [5.41, 5.74) is 2.76. The Morgan fingerprint density at radius 3 is 2.74 bits per heavy atom. The Labute approximate surface area is 110 Å². The zero-order chi connectivity index (χ0) is 13.4. The number of fused-ring (bicyclic) bond motifs is 2. The second kappa shape index (κ2) is 4.53. The SMILES string of the molecule is O=C(O)c1ccc2c(=O)c3c([nH]c2c1)CCCCC3. The van der Waals surface area contributed by atoms with E-state index in [1.54, 1.807) is 12.1 Å². The molecule has 3 rings (SSSR count). The van der Waals surface area contributed by atoms with Crippen LogP contribution in [0.4, 0.5) is 0 Å². The van der Waals surface area contributed by atoms with Gasteiger partial charge in [0.25, 0.3) is 0 Å². The largest absolute Gasteiger partial charge is 0.478 e. The third-order valence-corrected chi connectivity index (χ3v) is 3.79. The van der Waals surface area contributed by atoms with Crippen molar-refractivity contribution in [3.63, 3.8) is 0 Å². The fraction of sp³-hybridized carbons (Fsp3) is 0.333. The van der Waals surface area contributed by atoms with Crippen molar-refractivity contribution >= 4 is 16.9 Å². The molecule has 0 bridgehead atoms. The average Bonchev–Trinajstić information content (AvgIpc) is 2.63. The summed E-state index contributed by atoms with van der Waals surface area (Å²) in [5, 5.41) is 9.59. The van der Waals surface area contributed by atoms with E-state index in [1.807, 2.05) is 0 Å². The lowest BCUT2D eigenvalue weighted by Crippen LogP contribution is -2.14. The quantitative estimate of drug-likeness (QED) is 0.771. The lowest BCUT2D eigenvalue weighted by Gasteiger charge is -2.08. The van der Waals surface area contributed by atoms with Crippen LogP contribution in [0.5, 0.6) is 0 Å².